The standard InChI is InChI=1S/C32H38N2O2/c1-23-10-9-15-32(2)21-29-26(20-28(23)32)27(31(35)36-29)22-33-16-18-34(19-17-33)30(24-11-5-3-6-12-24)25-13-7-4-8-14-25/h3-8,10-14,20,26-27,29-30H,9,15-19,21-22H2,1-2H3/t26-,27+,29-,32-/m1/s1. The van der Waals surface area contributed by atoms with Gasteiger partial charge in [-0.15, -0.1) is 0 Å². The number of benzene rings is 2. The van der Waals surface area contributed by atoms with Crippen molar-refractivity contribution in [1.29, 1.82) is 0 Å². The van der Waals surface area contributed by atoms with E-state index in [1.165, 1.54) is 22.3 Å². The van der Waals surface area contributed by atoms with Gasteiger partial charge in [-0.25, -0.2) is 0 Å². The first-order valence-electron chi connectivity index (χ1n) is 13.7. The van der Waals surface area contributed by atoms with Crippen LogP contribution in [0.4, 0.5) is 0 Å². The predicted octanol–water partition coefficient (Wildman–Crippen LogP) is 5.63. The van der Waals surface area contributed by atoms with Gasteiger partial charge in [0.25, 0.3) is 0 Å². The topological polar surface area (TPSA) is 32.8 Å². The third-order valence-electron chi connectivity index (χ3n) is 9.15. The van der Waals surface area contributed by atoms with Gasteiger partial charge in [0.15, 0.2) is 0 Å². The number of hydrogen-bond acceptors (Lipinski definition) is 4. The average Bonchev–Trinajstić information content (AvgIpc) is 3.18. The summed E-state index contributed by atoms with van der Waals surface area (Å²) in [4.78, 5) is 18.1. The summed E-state index contributed by atoms with van der Waals surface area (Å²) >= 11 is 0. The van der Waals surface area contributed by atoms with Crippen LogP contribution in [-0.2, 0) is 9.53 Å². The number of nitrogens with zero attached hydrogens (tertiary/aromatic N) is 2. The summed E-state index contributed by atoms with van der Waals surface area (Å²) in [6.45, 7) is 9.34. The summed E-state index contributed by atoms with van der Waals surface area (Å²) in [5.74, 6) is 0.174. The van der Waals surface area contributed by atoms with Crippen molar-refractivity contribution in [1.82, 2.24) is 9.80 Å². The van der Waals surface area contributed by atoms with Gasteiger partial charge in [0.1, 0.15) is 6.10 Å². The molecule has 0 unspecified atom stereocenters. The van der Waals surface area contributed by atoms with Crippen molar-refractivity contribution in [3.8, 4) is 0 Å². The van der Waals surface area contributed by atoms with Gasteiger partial charge in [0.05, 0.1) is 12.0 Å². The fraction of sp³-hybridized carbons (Fsp3) is 0.469. The molecule has 2 saturated heterocycles. The van der Waals surface area contributed by atoms with Gasteiger partial charge in [0.2, 0.25) is 0 Å². The van der Waals surface area contributed by atoms with Gasteiger partial charge in [-0.2, -0.15) is 0 Å². The van der Waals surface area contributed by atoms with Crippen LogP contribution in [0.5, 0.6) is 0 Å². The lowest BCUT2D eigenvalue weighted by Crippen LogP contribution is -2.50. The molecule has 0 saturated carbocycles. The number of allylic oxidation sites excluding steroid dienone is 3. The highest BCUT2D eigenvalue weighted by molar-refractivity contribution is 5.76. The van der Waals surface area contributed by atoms with Gasteiger partial charge in [-0.3, -0.25) is 14.6 Å². The van der Waals surface area contributed by atoms with E-state index in [1.54, 1.807) is 0 Å². The van der Waals surface area contributed by atoms with E-state index in [0.29, 0.717) is 0 Å². The second-order valence-electron chi connectivity index (χ2n) is 11.5. The number of rotatable bonds is 5. The van der Waals surface area contributed by atoms with E-state index in [1.807, 2.05) is 0 Å². The molecule has 0 radical (unpaired) electrons. The quantitative estimate of drug-likeness (QED) is 0.517. The van der Waals surface area contributed by atoms with Crippen molar-refractivity contribution in [2.75, 3.05) is 32.7 Å². The Morgan fingerprint density at radius 2 is 1.61 bits per heavy atom. The van der Waals surface area contributed by atoms with E-state index in [0.717, 1.165) is 52.0 Å². The lowest BCUT2D eigenvalue weighted by atomic mass is 9.62. The highest BCUT2D eigenvalue weighted by Crippen LogP contribution is 2.52. The van der Waals surface area contributed by atoms with Crippen LogP contribution in [0.1, 0.15) is 50.3 Å². The van der Waals surface area contributed by atoms with Crippen LogP contribution < -0.4 is 0 Å². The van der Waals surface area contributed by atoms with Crippen LogP contribution in [0.25, 0.3) is 0 Å². The molecule has 4 atom stereocenters. The molecule has 6 rings (SSSR count). The van der Waals surface area contributed by atoms with Gasteiger partial charge in [-0.1, -0.05) is 85.3 Å². The maximum Gasteiger partial charge on any atom is 0.311 e. The van der Waals surface area contributed by atoms with Gasteiger partial charge in [0, 0.05) is 38.6 Å². The summed E-state index contributed by atoms with van der Waals surface area (Å²) in [7, 11) is 0. The molecule has 188 valence electrons. The zero-order chi connectivity index (χ0) is 24.7. The first kappa shape index (κ1) is 23.7. The predicted molar refractivity (Wildman–Crippen MR) is 143 cm³/mol. The van der Waals surface area contributed by atoms with Crippen molar-refractivity contribution in [2.45, 2.75) is 45.3 Å². The molecule has 0 bridgehead atoms. The maximum atomic E-state index is 13.0. The fourth-order valence-electron chi connectivity index (χ4n) is 7.20. The second kappa shape index (κ2) is 9.64. The molecule has 4 heteroatoms. The minimum atomic E-state index is -0.0487. The van der Waals surface area contributed by atoms with Crippen LogP contribution in [0.3, 0.4) is 0 Å². The molecule has 4 nitrogen and oxygen atoms in total. The molecule has 2 aliphatic heterocycles. The van der Waals surface area contributed by atoms with Gasteiger partial charge >= 0.3 is 5.97 Å². The van der Waals surface area contributed by atoms with Gasteiger partial charge < -0.3 is 4.74 Å². The van der Waals surface area contributed by atoms with Crippen molar-refractivity contribution in [2.24, 2.45) is 17.3 Å². The van der Waals surface area contributed by atoms with Crippen LogP contribution in [0, 0.1) is 17.3 Å². The summed E-state index contributed by atoms with van der Waals surface area (Å²) in [5.41, 5.74) is 5.71. The number of carbonyl (C=O) groups is 1. The number of esters is 1. The minimum absolute atomic E-state index is 0.0135. The molecular weight excluding hydrogens is 444 g/mol. The lowest BCUT2D eigenvalue weighted by molar-refractivity contribution is -0.145. The Morgan fingerprint density at radius 3 is 2.25 bits per heavy atom. The summed E-state index contributed by atoms with van der Waals surface area (Å²) in [6, 6.07) is 21.9. The number of piperazine rings is 1. The second-order valence-corrected chi connectivity index (χ2v) is 11.5. The Kier molecular flexibility index (Phi) is 6.35. The number of ether oxygens (including phenoxy) is 1. The fourth-order valence-corrected chi connectivity index (χ4v) is 7.20. The first-order chi connectivity index (χ1) is 17.5. The van der Waals surface area contributed by atoms with E-state index < -0.39 is 0 Å². The minimum Gasteiger partial charge on any atom is -0.461 e. The molecule has 2 aromatic rings. The zero-order valence-corrected chi connectivity index (χ0v) is 21.6. The van der Waals surface area contributed by atoms with Crippen molar-refractivity contribution in [3.63, 3.8) is 0 Å². The van der Waals surface area contributed by atoms with Crippen LogP contribution >= 0.6 is 0 Å². The molecule has 4 aliphatic rings. The molecule has 2 aromatic carbocycles. The Morgan fingerprint density at radius 1 is 0.972 bits per heavy atom. The Bertz CT molecular complexity index is 1110. The zero-order valence-electron chi connectivity index (χ0n) is 21.6. The molecule has 2 fully saturated rings. The summed E-state index contributed by atoms with van der Waals surface area (Å²) in [5, 5.41) is 0. The molecule has 36 heavy (non-hydrogen) atoms. The van der Waals surface area contributed by atoms with Crippen LogP contribution in [-0.4, -0.2) is 54.6 Å². The van der Waals surface area contributed by atoms with E-state index in [4.69, 9.17) is 4.74 Å². The number of fused-ring (bicyclic) bond motifs is 2. The van der Waals surface area contributed by atoms with Crippen molar-refractivity contribution < 1.29 is 9.53 Å². The Labute approximate surface area is 215 Å². The largest absolute Gasteiger partial charge is 0.461 e. The third-order valence-corrected chi connectivity index (χ3v) is 9.15. The normalized spacial score (nSPS) is 30.9. The third kappa shape index (κ3) is 4.35. The lowest BCUT2D eigenvalue weighted by Gasteiger charge is -2.43. The molecule has 0 spiro atoms. The van der Waals surface area contributed by atoms with E-state index in [2.05, 4.69) is 96.5 Å². The molecule has 0 N–H and O–H groups in total. The maximum absolute atomic E-state index is 13.0. The monoisotopic (exact) mass is 482 g/mol. The Balaban J connectivity index is 1.16. The van der Waals surface area contributed by atoms with E-state index in [9.17, 15) is 4.79 Å². The first-order valence-corrected chi connectivity index (χ1v) is 13.7. The van der Waals surface area contributed by atoms with Crippen molar-refractivity contribution in [3.05, 3.63) is 95.1 Å². The highest BCUT2D eigenvalue weighted by Gasteiger charge is 2.51. The smallest absolute Gasteiger partial charge is 0.311 e. The molecule has 0 aromatic heterocycles. The average molecular weight is 483 g/mol. The number of hydrogen-bond donors (Lipinski definition) is 0. The van der Waals surface area contributed by atoms with Crippen LogP contribution in [0.2, 0.25) is 0 Å². The van der Waals surface area contributed by atoms with E-state index >= 15 is 0 Å². The molecule has 2 aliphatic carbocycles. The highest BCUT2D eigenvalue weighted by atomic mass is 16.6. The SMILES string of the molecule is CC1=CCC[C@]2(C)C[C@H]3OC(=O)[C@@H](CN4CCN(C(c5ccccc5)c5ccccc5)CC4)[C@H]3C=C12. The molecule has 2 heterocycles. The Hall–Kier alpha value is -2.69. The summed E-state index contributed by atoms with van der Waals surface area (Å²) < 4.78 is 6.00. The molecular formula is C32H38N2O2. The van der Waals surface area contributed by atoms with Gasteiger partial charge in [-0.05, 0) is 48.3 Å². The van der Waals surface area contributed by atoms with E-state index in [-0.39, 0.29) is 35.4 Å². The molecule has 0 amide bonds. The van der Waals surface area contributed by atoms with Crippen molar-refractivity contribution >= 4 is 5.97 Å². The van der Waals surface area contributed by atoms with Crippen LogP contribution in [0.15, 0.2) is 84.0 Å². The summed E-state index contributed by atoms with van der Waals surface area (Å²) in [6.07, 6.45) is 8.10. The number of carbonyl (C=O) groups excluding carboxylic acids is 1.